The number of nitrogens with one attached hydrogen (secondary N) is 2. The predicted molar refractivity (Wildman–Crippen MR) is 208 cm³/mol. The van der Waals surface area contributed by atoms with Crippen molar-refractivity contribution in [1.82, 2.24) is 14.9 Å². The number of nitrogens with two attached hydrogens (primary N) is 1. The van der Waals surface area contributed by atoms with E-state index in [1.54, 1.807) is 14.2 Å². The molecular formula is C39H57BN4O9S. The summed E-state index contributed by atoms with van der Waals surface area (Å²) in [5.41, 5.74) is 6.72. The molecule has 2 aromatic carbocycles. The number of hydrogen-bond acceptors (Lipinski definition) is 9. The number of ether oxygens (including phenoxy) is 3. The Hall–Kier alpha value is -3.85. The van der Waals surface area contributed by atoms with Crippen molar-refractivity contribution < 1.29 is 41.8 Å². The van der Waals surface area contributed by atoms with Crippen LogP contribution in [0.1, 0.15) is 102 Å². The van der Waals surface area contributed by atoms with Crippen molar-refractivity contribution in [2.45, 2.75) is 127 Å². The molecule has 0 radical (unpaired) electrons. The number of rotatable bonds is 14. The summed E-state index contributed by atoms with van der Waals surface area (Å²) in [5.74, 6) is -0.721. The molecule has 5 bridgehead atoms. The van der Waals surface area contributed by atoms with Crippen molar-refractivity contribution in [2.24, 2.45) is 11.1 Å². The van der Waals surface area contributed by atoms with Crippen LogP contribution >= 0.6 is 0 Å². The summed E-state index contributed by atoms with van der Waals surface area (Å²) < 4.78 is 43.7. The average molecular weight is 769 g/mol. The van der Waals surface area contributed by atoms with Crippen LogP contribution < -0.4 is 20.5 Å². The SMILES string of the molecule is COc1cc2ccc3cc2cc1CCCC(C)(C)CCOC(=O)N[C@@H](CCCCCCCBC(=O)NS(=O)(=O)C1CC1)C(=O)N1C[C@@]3(OC)C[C@H]1C(N)=O. The number of hydrogen-bond donors (Lipinski definition) is 3. The lowest BCUT2D eigenvalue weighted by atomic mass is 9.72. The van der Waals surface area contributed by atoms with E-state index in [0.717, 1.165) is 72.6 Å². The number of aryl methyl sites for hydroxylation is 1. The number of sulfonamides is 1. The van der Waals surface area contributed by atoms with Gasteiger partial charge in [-0.2, -0.15) is 0 Å². The molecule has 4 N–H and O–H groups in total. The maximum Gasteiger partial charge on any atom is 0.407 e. The van der Waals surface area contributed by atoms with Gasteiger partial charge in [0.15, 0.2) is 5.81 Å². The first-order chi connectivity index (χ1) is 25.7. The Kier molecular flexibility index (Phi) is 13.6. The van der Waals surface area contributed by atoms with E-state index >= 15 is 0 Å². The molecule has 3 aliphatic rings. The Morgan fingerprint density at radius 3 is 2.48 bits per heavy atom. The number of primary amides is 1. The van der Waals surface area contributed by atoms with Gasteiger partial charge in [0, 0.05) is 13.5 Å². The summed E-state index contributed by atoms with van der Waals surface area (Å²) in [6.45, 7) is 4.56. The third-order valence-corrected chi connectivity index (χ3v) is 13.2. The van der Waals surface area contributed by atoms with Crippen LogP contribution in [-0.4, -0.2) is 89.0 Å². The zero-order valence-electron chi connectivity index (χ0n) is 32.2. The molecule has 54 heavy (non-hydrogen) atoms. The quantitative estimate of drug-likeness (QED) is 0.176. The molecular weight excluding hydrogens is 711 g/mol. The minimum Gasteiger partial charge on any atom is -0.496 e. The Labute approximate surface area is 320 Å². The second-order valence-corrected chi connectivity index (χ2v) is 18.0. The standard InChI is InChI=1S/C39H57BN4O9S/c1-38(2)17-10-11-27-21-28-22-29(14-13-26(28)23-33(27)51-3)39(52-4)24-32(34(41)45)44(25-39)35(46)31(42-37(48)53-20-18-38)12-8-6-5-7-9-19-40-36(47)43-54(49,50)30-15-16-30/h13-14,21-23,30-32,40H,5-12,15-20,24-25H2,1-4H3,(H2,41,45)(H,42,48)(H,43,47)/t31-,32-,39-/m0/s1. The number of benzene rings is 2. The van der Waals surface area contributed by atoms with Crippen LogP contribution in [0.15, 0.2) is 30.3 Å². The highest BCUT2D eigenvalue weighted by Crippen LogP contribution is 2.41. The van der Waals surface area contributed by atoms with Crippen LogP contribution in [0.2, 0.25) is 6.32 Å². The van der Waals surface area contributed by atoms with Crippen LogP contribution in [0.25, 0.3) is 10.8 Å². The molecule has 0 aromatic heterocycles. The molecule has 2 aliphatic heterocycles. The van der Waals surface area contributed by atoms with E-state index in [2.05, 4.69) is 36.0 Å². The topological polar surface area (TPSA) is 183 Å². The largest absolute Gasteiger partial charge is 0.496 e. The first-order valence-corrected chi connectivity index (χ1v) is 21.0. The summed E-state index contributed by atoms with van der Waals surface area (Å²) in [4.78, 5) is 54.0. The highest BCUT2D eigenvalue weighted by atomic mass is 32.2. The molecule has 1 saturated heterocycles. The van der Waals surface area contributed by atoms with E-state index < -0.39 is 56.7 Å². The lowest BCUT2D eigenvalue weighted by Crippen LogP contribution is -2.53. The summed E-state index contributed by atoms with van der Waals surface area (Å²) in [6.07, 6.45) is 8.65. The molecule has 3 atom stereocenters. The predicted octanol–water partition coefficient (Wildman–Crippen LogP) is 5.02. The molecule has 2 heterocycles. The van der Waals surface area contributed by atoms with E-state index in [-0.39, 0.29) is 32.3 Å². The van der Waals surface area contributed by atoms with Crippen molar-refractivity contribution in [3.05, 3.63) is 41.5 Å². The van der Waals surface area contributed by atoms with Gasteiger partial charge in [-0.3, -0.25) is 19.1 Å². The number of alkyl carbamates (subject to hydrolysis) is 1. The summed E-state index contributed by atoms with van der Waals surface area (Å²) in [6, 6.07) is 8.29. The fourth-order valence-electron chi connectivity index (χ4n) is 7.78. The van der Waals surface area contributed by atoms with Crippen LogP contribution in [-0.2, 0) is 41.1 Å². The number of unbranched alkanes of at least 4 members (excludes halogenated alkanes) is 4. The molecule has 15 heteroatoms. The molecule has 0 spiro atoms. The summed E-state index contributed by atoms with van der Waals surface area (Å²) >= 11 is 0. The zero-order valence-corrected chi connectivity index (χ0v) is 33.1. The van der Waals surface area contributed by atoms with Gasteiger partial charge in [-0.05, 0) is 90.5 Å². The number of fused-ring (bicyclic) bond motifs is 5. The molecule has 1 saturated carbocycles. The maximum atomic E-state index is 14.4. The summed E-state index contributed by atoms with van der Waals surface area (Å²) in [5, 5.41) is 4.37. The highest BCUT2D eigenvalue weighted by molar-refractivity contribution is 7.91. The smallest absolute Gasteiger partial charge is 0.407 e. The van der Waals surface area contributed by atoms with Crippen molar-refractivity contribution in [3.63, 3.8) is 0 Å². The fraction of sp³-hybridized carbons (Fsp3) is 0.641. The van der Waals surface area contributed by atoms with Gasteiger partial charge in [0.05, 0.1) is 25.5 Å². The Morgan fingerprint density at radius 1 is 1.04 bits per heavy atom. The minimum absolute atomic E-state index is 0.0708. The van der Waals surface area contributed by atoms with E-state index in [1.807, 2.05) is 18.2 Å². The molecule has 5 rings (SSSR count). The van der Waals surface area contributed by atoms with Crippen molar-refractivity contribution in [3.8, 4) is 5.75 Å². The van der Waals surface area contributed by atoms with Gasteiger partial charge in [-0.15, -0.1) is 0 Å². The Bertz CT molecular complexity index is 1800. The van der Waals surface area contributed by atoms with Gasteiger partial charge in [-0.1, -0.05) is 64.4 Å². The lowest BCUT2D eigenvalue weighted by molar-refractivity contribution is -0.139. The van der Waals surface area contributed by atoms with Gasteiger partial charge in [0.25, 0.3) is 0 Å². The molecule has 13 nitrogen and oxygen atoms in total. The number of amides is 4. The first-order valence-electron chi connectivity index (χ1n) is 19.4. The van der Waals surface area contributed by atoms with Crippen LogP contribution in [0.4, 0.5) is 9.59 Å². The van der Waals surface area contributed by atoms with E-state index in [4.69, 9.17) is 19.9 Å². The number of nitrogens with zero attached hydrogens (tertiary/aromatic N) is 1. The summed E-state index contributed by atoms with van der Waals surface area (Å²) in [7, 11) is -0.131. The number of carbonyl (C=O) groups excluding carboxylic acids is 4. The third kappa shape index (κ3) is 10.5. The van der Waals surface area contributed by atoms with Crippen molar-refractivity contribution in [1.29, 1.82) is 0 Å². The third-order valence-electron chi connectivity index (χ3n) is 11.4. The van der Waals surface area contributed by atoms with E-state index in [0.29, 0.717) is 38.4 Å². The second kappa shape index (κ2) is 17.7. The van der Waals surface area contributed by atoms with Gasteiger partial charge >= 0.3 is 6.09 Å². The number of methoxy groups -OCH3 is 2. The van der Waals surface area contributed by atoms with Crippen LogP contribution in [0, 0.1) is 5.41 Å². The van der Waals surface area contributed by atoms with Gasteiger partial charge in [0.1, 0.15) is 23.4 Å². The molecule has 2 aromatic rings. The zero-order chi connectivity index (χ0) is 39.1. The average Bonchev–Trinajstić information content (AvgIpc) is 3.91. The normalized spacial score (nSPS) is 23.6. The second-order valence-electron chi connectivity index (χ2n) is 16.0. The molecule has 2 fully saturated rings. The van der Waals surface area contributed by atoms with Crippen molar-refractivity contribution >= 4 is 51.8 Å². The van der Waals surface area contributed by atoms with E-state index in [1.165, 1.54) is 4.90 Å². The van der Waals surface area contributed by atoms with Crippen LogP contribution in [0.3, 0.4) is 0 Å². The molecule has 296 valence electrons. The number of carbonyl (C=O) groups is 4. The fourth-order valence-corrected chi connectivity index (χ4v) is 9.12. The molecule has 0 unspecified atom stereocenters. The molecule has 1 aliphatic carbocycles. The molecule has 4 amide bonds. The van der Waals surface area contributed by atoms with Gasteiger partial charge in [0.2, 0.25) is 29.1 Å². The lowest BCUT2D eigenvalue weighted by Gasteiger charge is -2.30. The minimum atomic E-state index is -3.53. The van der Waals surface area contributed by atoms with Crippen LogP contribution in [0.5, 0.6) is 5.75 Å². The Balaban J connectivity index is 1.29. The number of cyclic esters (lactones) is 1. The Morgan fingerprint density at radius 2 is 1.78 bits per heavy atom. The maximum absolute atomic E-state index is 14.4. The highest BCUT2D eigenvalue weighted by Gasteiger charge is 2.51. The first kappa shape index (κ1) is 41.3. The monoisotopic (exact) mass is 768 g/mol. The van der Waals surface area contributed by atoms with Crippen molar-refractivity contribution in [2.75, 3.05) is 27.4 Å². The van der Waals surface area contributed by atoms with E-state index in [9.17, 15) is 27.6 Å². The van der Waals surface area contributed by atoms with Gasteiger partial charge < -0.3 is 30.2 Å². The van der Waals surface area contributed by atoms with Gasteiger partial charge in [-0.25, -0.2) is 13.2 Å².